The average molecular weight is 305 g/mol. The van der Waals surface area contributed by atoms with E-state index in [0.29, 0.717) is 18.8 Å². The monoisotopic (exact) mass is 305 g/mol. The van der Waals surface area contributed by atoms with E-state index in [4.69, 9.17) is 0 Å². The highest BCUT2D eigenvalue weighted by molar-refractivity contribution is 8.15. The summed E-state index contributed by atoms with van der Waals surface area (Å²) in [5.41, 5.74) is 1.42. The highest BCUT2D eigenvalue weighted by Gasteiger charge is 2.40. The quantitative estimate of drug-likeness (QED) is 0.826. The summed E-state index contributed by atoms with van der Waals surface area (Å²) in [5.74, 6) is -0.0871. The van der Waals surface area contributed by atoms with Crippen molar-refractivity contribution in [3.63, 3.8) is 0 Å². The number of aliphatic imine (C=N–C) groups is 1. The summed E-state index contributed by atoms with van der Waals surface area (Å²) in [7, 11) is 0. The Labute approximate surface area is 126 Å². The van der Waals surface area contributed by atoms with Crippen LogP contribution in [0.15, 0.2) is 23.2 Å². The van der Waals surface area contributed by atoms with Crippen molar-refractivity contribution in [3.05, 3.63) is 23.8 Å². The second kappa shape index (κ2) is 5.40. The van der Waals surface area contributed by atoms with Gasteiger partial charge in [-0.2, -0.15) is 0 Å². The summed E-state index contributed by atoms with van der Waals surface area (Å²) >= 11 is 1.36. The first-order chi connectivity index (χ1) is 10.0. The van der Waals surface area contributed by atoms with E-state index in [1.807, 2.05) is 0 Å². The van der Waals surface area contributed by atoms with Gasteiger partial charge in [-0.15, -0.1) is 0 Å². The van der Waals surface area contributed by atoms with Crippen LogP contribution in [-0.4, -0.2) is 45.3 Å². The second-order valence-corrected chi connectivity index (χ2v) is 6.18. The number of rotatable bonds is 3. The Balaban J connectivity index is 1.63. The molecule has 0 radical (unpaired) electrons. The molecule has 2 amide bonds. The number of anilines is 1. The number of phenolic OH excluding ortho intramolecular Hbond substituents is 1. The van der Waals surface area contributed by atoms with Gasteiger partial charge >= 0.3 is 0 Å². The van der Waals surface area contributed by atoms with Crippen LogP contribution in [-0.2, 0) is 9.59 Å². The summed E-state index contributed by atoms with van der Waals surface area (Å²) < 4.78 is 0. The number of fused-ring (bicyclic) bond motifs is 1. The number of phenols is 1. The molecule has 0 aliphatic carbocycles. The zero-order valence-corrected chi connectivity index (χ0v) is 12.3. The summed E-state index contributed by atoms with van der Waals surface area (Å²) in [5, 5.41) is 12.5. The Morgan fingerprint density at radius 1 is 1.57 bits per heavy atom. The highest BCUT2D eigenvalue weighted by Crippen LogP contribution is 2.32. The molecular weight excluding hydrogens is 290 g/mol. The van der Waals surface area contributed by atoms with Crippen LogP contribution >= 0.6 is 11.8 Å². The minimum absolute atomic E-state index is 0.0335. The molecule has 2 aliphatic heterocycles. The third kappa shape index (κ3) is 2.73. The molecule has 1 fully saturated rings. The Bertz CT molecular complexity index is 644. The van der Waals surface area contributed by atoms with Crippen molar-refractivity contribution in [2.75, 3.05) is 18.4 Å². The maximum Gasteiger partial charge on any atom is 0.242 e. The van der Waals surface area contributed by atoms with Crippen molar-refractivity contribution in [1.82, 2.24) is 4.90 Å². The van der Waals surface area contributed by atoms with E-state index in [2.05, 4.69) is 10.3 Å². The largest absolute Gasteiger partial charge is 0.508 e. The number of carbonyl (C=O) groups is 2. The first-order valence-corrected chi connectivity index (χ1v) is 7.54. The van der Waals surface area contributed by atoms with Gasteiger partial charge in [0.2, 0.25) is 11.8 Å². The predicted molar refractivity (Wildman–Crippen MR) is 81.5 cm³/mol. The minimum Gasteiger partial charge on any atom is -0.508 e. The third-order valence-electron chi connectivity index (χ3n) is 3.45. The van der Waals surface area contributed by atoms with Crippen LogP contribution in [0.1, 0.15) is 12.0 Å². The lowest BCUT2D eigenvalue weighted by Gasteiger charge is -2.11. The van der Waals surface area contributed by atoms with Gasteiger partial charge in [-0.1, -0.05) is 11.8 Å². The Hall–Kier alpha value is -2.02. The van der Waals surface area contributed by atoms with E-state index in [0.717, 1.165) is 10.7 Å². The highest BCUT2D eigenvalue weighted by atomic mass is 32.2. The Morgan fingerprint density at radius 3 is 3.10 bits per heavy atom. The minimum atomic E-state index is -0.388. The van der Waals surface area contributed by atoms with E-state index in [1.54, 1.807) is 24.0 Å². The standard InChI is InChI=1S/C14H15N3O3S/c1-8-6-9(18)2-3-10(8)16-12(19)7-11-13(20)17-5-4-15-14(17)21-11/h2-3,6,11,18H,4-5,7H2,1H3,(H,16,19). The van der Waals surface area contributed by atoms with Gasteiger partial charge in [0.25, 0.3) is 0 Å². The topological polar surface area (TPSA) is 82.0 Å². The van der Waals surface area contributed by atoms with Crippen molar-refractivity contribution in [2.45, 2.75) is 18.6 Å². The normalized spacial score (nSPS) is 20.4. The number of nitrogens with one attached hydrogen (secondary N) is 1. The van der Waals surface area contributed by atoms with Gasteiger partial charge in [0, 0.05) is 18.7 Å². The number of hydrogen-bond acceptors (Lipinski definition) is 5. The molecule has 110 valence electrons. The molecule has 21 heavy (non-hydrogen) atoms. The van der Waals surface area contributed by atoms with E-state index in [-0.39, 0.29) is 29.2 Å². The molecule has 1 aromatic carbocycles. The van der Waals surface area contributed by atoms with Crippen LogP contribution in [0.5, 0.6) is 5.75 Å². The fraction of sp³-hybridized carbons (Fsp3) is 0.357. The smallest absolute Gasteiger partial charge is 0.242 e. The molecule has 3 rings (SSSR count). The van der Waals surface area contributed by atoms with Crippen molar-refractivity contribution in [1.29, 1.82) is 0 Å². The van der Waals surface area contributed by atoms with Crippen molar-refractivity contribution in [2.24, 2.45) is 4.99 Å². The SMILES string of the molecule is Cc1cc(O)ccc1NC(=O)CC1SC2=NCCN2C1=O. The summed E-state index contributed by atoms with van der Waals surface area (Å²) in [6.45, 7) is 3.08. The molecule has 7 heteroatoms. The van der Waals surface area contributed by atoms with Gasteiger partial charge in [-0.25, -0.2) is 0 Å². The number of aryl methyl sites for hydroxylation is 1. The molecule has 0 saturated carbocycles. The first kappa shape index (κ1) is 13.9. The van der Waals surface area contributed by atoms with Crippen molar-refractivity contribution < 1.29 is 14.7 Å². The number of nitrogens with zero attached hydrogens (tertiary/aromatic N) is 2. The van der Waals surface area contributed by atoms with Crippen molar-refractivity contribution in [3.8, 4) is 5.75 Å². The first-order valence-electron chi connectivity index (χ1n) is 6.66. The molecule has 6 nitrogen and oxygen atoms in total. The molecule has 2 aliphatic rings. The zero-order valence-electron chi connectivity index (χ0n) is 11.5. The van der Waals surface area contributed by atoms with E-state index in [9.17, 15) is 14.7 Å². The Kier molecular flexibility index (Phi) is 3.59. The molecule has 1 aromatic rings. The lowest BCUT2D eigenvalue weighted by molar-refractivity contribution is -0.127. The molecular formula is C14H15N3O3S. The number of amidine groups is 1. The molecule has 0 bridgehead atoms. The van der Waals surface area contributed by atoms with E-state index < -0.39 is 0 Å². The second-order valence-electron chi connectivity index (χ2n) is 5.01. The molecule has 0 aromatic heterocycles. The van der Waals surface area contributed by atoms with Gasteiger partial charge in [0.05, 0.1) is 6.54 Å². The summed E-state index contributed by atoms with van der Waals surface area (Å²) in [6, 6.07) is 4.74. The molecule has 2 N–H and O–H groups in total. The number of thioether (sulfide) groups is 1. The number of hydrogen-bond donors (Lipinski definition) is 2. The fourth-order valence-electron chi connectivity index (χ4n) is 2.37. The lowest BCUT2D eigenvalue weighted by Crippen LogP contribution is -2.32. The number of aromatic hydroxyl groups is 1. The average Bonchev–Trinajstić information content (AvgIpc) is 2.98. The third-order valence-corrected chi connectivity index (χ3v) is 4.66. The Morgan fingerprint density at radius 2 is 2.38 bits per heavy atom. The van der Waals surface area contributed by atoms with Crippen LogP contribution in [0.2, 0.25) is 0 Å². The van der Waals surface area contributed by atoms with Crippen LogP contribution < -0.4 is 5.32 Å². The van der Waals surface area contributed by atoms with Crippen LogP contribution in [0.3, 0.4) is 0 Å². The van der Waals surface area contributed by atoms with Gasteiger partial charge < -0.3 is 10.4 Å². The van der Waals surface area contributed by atoms with Crippen LogP contribution in [0.25, 0.3) is 0 Å². The molecule has 2 heterocycles. The lowest BCUT2D eigenvalue weighted by atomic mass is 10.2. The van der Waals surface area contributed by atoms with Gasteiger partial charge in [0.1, 0.15) is 11.0 Å². The maximum absolute atomic E-state index is 12.1. The maximum atomic E-state index is 12.1. The molecule has 1 atom stereocenters. The van der Waals surface area contributed by atoms with E-state index in [1.165, 1.54) is 17.8 Å². The van der Waals surface area contributed by atoms with Gasteiger partial charge in [0.15, 0.2) is 5.17 Å². The number of amides is 2. The van der Waals surface area contributed by atoms with Gasteiger partial charge in [-0.05, 0) is 30.7 Å². The molecule has 1 saturated heterocycles. The van der Waals surface area contributed by atoms with E-state index >= 15 is 0 Å². The fourth-order valence-corrected chi connectivity index (χ4v) is 3.56. The number of carbonyl (C=O) groups excluding carboxylic acids is 2. The zero-order chi connectivity index (χ0) is 15.0. The van der Waals surface area contributed by atoms with Gasteiger partial charge in [-0.3, -0.25) is 19.5 Å². The molecule has 1 unspecified atom stereocenters. The predicted octanol–water partition coefficient (Wildman–Crippen LogP) is 1.34. The summed E-state index contributed by atoms with van der Waals surface area (Å²) in [6.07, 6.45) is 0.124. The van der Waals surface area contributed by atoms with Crippen LogP contribution in [0, 0.1) is 6.92 Å². The van der Waals surface area contributed by atoms with Crippen molar-refractivity contribution >= 4 is 34.4 Å². The number of benzene rings is 1. The molecule has 0 spiro atoms. The van der Waals surface area contributed by atoms with Crippen LogP contribution in [0.4, 0.5) is 5.69 Å². The summed E-state index contributed by atoms with van der Waals surface area (Å²) in [4.78, 5) is 30.1.